The Balaban J connectivity index is 2.32. The van der Waals surface area contributed by atoms with Crippen molar-refractivity contribution >= 4 is 0 Å². The van der Waals surface area contributed by atoms with Crippen LogP contribution in [0.15, 0.2) is 36.4 Å². The van der Waals surface area contributed by atoms with Crippen molar-refractivity contribution in [2.45, 2.75) is 39.7 Å². The number of aryl methyl sites for hydroxylation is 1. The van der Waals surface area contributed by atoms with Gasteiger partial charge in [0.25, 0.3) is 0 Å². The Kier molecular flexibility index (Phi) is 4.63. The first-order valence-electron chi connectivity index (χ1n) is 7.22. The van der Waals surface area contributed by atoms with Crippen LogP contribution in [0.5, 0.6) is 11.5 Å². The Morgan fingerprint density at radius 1 is 1.05 bits per heavy atom. The van der Waals surface area contributed by atoms with Crippen LogP contribution in [-0.4, -0.2) is 0 Å². The van der Waals surface area contributed by atoms with E-state index in [4.69, 9.17) is 10.5 Å². The van der Waals surface area contributed by atoms with Crippen molar-refractivity contribution in [2.24, 2.45) is 5.73 Å². The van der Waals surface area contributed by atoms with E-state index in [0.717, 1.165) is 5.75 Å². The monoisotopic (exact) mass is 287 g/mol. The molecule has 0 unspecified atom stereocenters. The summed E-state index contributed by atoms with van der Waals surface area (Å²) < 4.78 is 19.6. The summed E-state index contributed by atoms with van der Waals surface area (Å²) in [5.41, 5.74) is 8.38. The van der Waals surface area contributed by atoms with Crippen molar-refractivity contribution in [3.05, 3.63) is 58.9 Å². The van der Waals surface area contributed by atoms with Crippen LogP contribution in [0, 0.1) is 12.7 Å². The lowest BCUT2D eigenvalue weighted by Gasteiger charge is -2.15. The molecule has 0 aromatic heterocycles. The van der Waals surface area contributed by atoms with Gasteiger partial charge in [0.1, 0.15) is 17.3 Å². The van der Waals surface area contributed by atoms with E-state index < -0.39 is 0 Å². The highest BCUT2D eigenvalue weighted by Crippen LogP contribution is 2.31. The number of ether oxygens (including phenoxy) is 1. The second kappa shape index (κ2) is 6.27. The first-order valence-corrected chi connectivity index (χ1v) is 7.22. The quantitative estimate of drug-likeness (QED) is 0.852. The fourth-order valence-electron chi connectivity index (χ4n) is 2.16. The number of hydrogen-bond donors (Lipinski definition) is 1. The molecule has 3 heteroatoms. The molecule has 0 aliphatic rings. The van der Waals surface area contributed by atoms with Crippen LogP contribution in [-0.2, 0) is 0 Å². The second-order valence-electron chi connectivity index (χ2n) is 5.75. The molecule has 2 aromatic carbocycles. The van der Waals surface area contributed by atoms with E-state index in [9.17, 15) is 4.39 Å². The van der Waals surface area contributed by atoms with Crippen LogP contribution < -0.4 is 10.5 Å². The van der Waals surface area contributed by atoms with Crippen LogP contribution in [0.1, 0.15) is 49.4 Å². The average molecular weight is 287 g/mol. The van der Waals surface area contributed by atoms with Crippen molar-refractivity contribution in [3.8, 4) is 11.5 Å². The summed E-state index contributed by atoms with van der Waals surface area (Å²) in [6, 6.07) is 10.8. The third-order valence-corrected chi connectivity index (χ3v) is 3.56. The lowest BCUT2D eigenvalue weighted by molar-refractivity contribution is 0.468. The van der Waals surface area contributed by atoms with Gasteiger partial charge in [-0.1, -0.05) is 26.0 Å². The first kappa shape index (κ1) is 15.5. The summed E-state index contributed by atoms with van der Waals surface area (Å²) in [5.74, 6) is 1.56. The molecule has 0 saturated carbocycles. The standard InChI is InChI=1S/C18H22FNO/c1-11(2)14-5-7-15(8-6-14)21-18-9-12(3)17(19)10-16(18)13(4)20/h5-11,13H,20H2,1-4H3/t13-/m1/s1. The predicted molar refractivity (Wildman–Crippen MR) is 84.3 cm³/mol. The highest BCUT2D eigenvalue weighted by Gasteiger charge is 2.13. The molecule has 2 rings (SSSR count). The Morgan fingerprint density at radius 3 is 2.19 bits per heavy atom. The van der Waals surface area contributed by atoms with E-state index in [-0.39, 0.29) is 11.9 Å². The van der Waals surface area contributed by atoms with Gasteiger partial charge in [0, 0.05) is 11.6 Å². The van der Waals surface area contributed by atoms with Crippen molar-refractivity contribution in [1.29, 1.82) is 0 Å². The summed E-state index contributed by atoms with van der Waals surface area (Å²) in [7, 11) is 0. The lowest BCUT2D eigenvalue weighted by atomic mass is 10.0. The molecule has 0 spiro atoms. The first-order chi connectivity index (χ1) is 9.88. The summed E-state index contributed by atoms with van der Waals surface area (Å²) in [6.45, 7) is 7.83. The molecule has 0 aliphatic heterocycles. The molecule has 112 valence electrons. The fourth-order valence-corrected chi connectivity index (χ4v) is 2.16. The van der Waals surface area contributed by atoms with Crippen molar-refractivity contribution < 1.29 is 9.13 Å². The summed E-state index contributed by atoms with van der Waals surface area (Å²) in [5, 5.41) is 0. The topological polar surface area (TPSA) is 35.2 Å². The third-order valence-electron chi connectivity index (χ3n) is 3.56. The minimum Gasteiger partial charge on any atom is -0.457 e. The number of hydrogen-bond acceptors (Lipinski definition) is 2. The normalized spacial score (nSPS) is 12.5. The molecule has 0 saturated heterocycles. The van der Waals surface area contributed by atoms with E-state index in [0.29, 0.717) is 22.8 Å². The van der Waals surface area contributed by atoms with E-state index >= 15 is 0 Å². The fraction of sp³-hybridized carbons (Fsp3) is 0.333. The van der Waals surface area contributed by atoms with E-state index in [1.165, 1.54) is 11.6 Å². The molecule has 1 atom stereocenters. The maximum Gasteiger partial charge on any atom is 0.132 e. The van der Waals surface area contributed by atoms with Crippen LogP contribution in [0.2, 0.25) is 0 Å². The Morgan fingerprint density at radius 2 is 1.67 bits per heavy atom. The molecular formula is C18H22FNO. The molecule has 2 nitrogen and oxygen atoms in total. The van der Waals surface area contributed by atoms with Crippen LogP contribution in [0.25, 0.3) is 0 Å². The molecule has 2 aromatic rings. The van der Waals surface area contributed by atoms with Crippen LogP contribution >= 0.6 is 0 Å². The van der Waals surface area contributed by atoms with Gasteiger partial charge in [-0.05, 0) is 55.2 Å². The van der Waals surface area contributed by atoms with E-state index in [1.54, 1.807) is 13.0 Å². The Labute approximate surface area is 125 Å². The van der Waals surface area contributed by atoms with Gasteiger partial charge in [0.05, 0.1) is 0 Å². The maximum absolute atomic E-state index is 13.7. The minimum absolute atomic E-state index is 0.259. The molecular weight excluding hydrogens is 265 g/mol. The largest absolute Gasteiger partial charge is 0.457 e. The average Bonchev–Trinajstić information content (AvgIpc) is 2.43. The number of benzene rings is 2. The third kappa shape index (κ3) is 3.61. The molecule has 0 amide bonds. The molecule has 0 bridgehead atoms. The second-order valence-corrected chi connectivity index (χ2v) is 5.75. The van der Waals surface area contributed by atoms with Gasteiger partial charge in [-0.25, -0.2) is 4.39 Å². The van der Waals surface area contributed by atoms with E-state index in [1.807, 2.05) is 31.2 Å². The predicted octanol–water partition coefficient (Wildman–Crippen LogP) is 5.07. The lowest BCUT2D eigenvalue weighted by Crippen LogP contribution is -2.08. The van der Waals surface area contributed by atoms with E-state index in [2.05, 4.69) is 13.8 Å². The molecule has 2 N–H and O–H groups in total. The van der Waals surface area contributed by atoms with Gasteiger partial charge in [-0.3, -0.25) is 0 Å². The number of halogens is 1. The molecule has 0 aliphatic carbocycles. The maximum atomic E-state index is 13.7. The van der Waals surface area contributed by atoms with Crippen LogP contribution in [0.4, 0.5) is 4.39 Å². The van der Waals surface area contributed by atoms with Crippen LogP contribution in [0.3, 0.4) is 0 Å². The summed E-state index contributed by atoms with van der Waals surface area (Å²) in [4.78, 5) is 0. The van der Waals surface area contributed by atoms with Gasteiger partial charge in [-0.2, -0.15) is 0 Å². The molecule has 0 heterocycles. The van der Waals surface area contributed by atoms with Crippen molar-refractivity contribution in [1.82, 2.24) is 0 Å². The minimum atomic E-state index is -0.287. The smallest absolute Gasteiger partial charge is 0.132 e. The van der Waals surface area contributed by atoms with Crippen molar-refractivity contribution in [2.75, 3.05) is 0 Å². The summed E-state index contributed by atoms with van der Waals surface area (Å²) in [6.07, 6.45) is 0. The zero-order valence-electron chi connectivity index (χ0n) is 13.0. The summed E-state index contributed by atoms with van der Waals surface area (Å²) >= 11 is 0. The van der Waals surface area contributed by atoms with Gasteiger partial charge >= 0.3 is 0 Å². The van der Waals surface area contributed by atoms with Gasteiger partial charge < -0.3 is 10.5 Å². The zero-order valence-corrected chi connectivity index (χ0v) is 13.0. The highest BCUT2D eigenvalue weighted by atomic mass is 19.1. The highest BCUT2D eigenvalue weighted by molar-refractivity contribution is 5.43. The van der Waals surface area contributed by atoms with Gasteiger partial charge in [-0.15, -0.1) is 0 Å². The number of nitrogens with two attached hydrogens (primary N) is 1. The van der Waals surface area contributed by atoms with Crippen molar-refractivity contribution in [3.63, 3.8) is 0 Å². The Hall–Kier alpha value is -1.87. The van der Waals surface area contributed by atoms with Gasteiger partial charge in [0.15, 0.2) is 0 Å². The molecule has 0 radical (unpaired) electrons. The zero-order chi connectivity index (χ0) is 15.6. The molecule has 21 heavy (non-hydrogen) atoms. The number of rotatable bonds is 4. The Bertz CT molecular complexity index is 618. The SMILES string of the molecule is Cc1cc(Oc2ccc(C(C)C)cc2)c([C@@H](C)N)cc1F. The van der Waals surface area contributed by atoms with Gasteiger partial charge in [0.2, 0.25) is 0 Å². The molecule has 0 fully saturated rings.